The quantitative estimate of drug-likeness (QED) is 0.601. The van der Waals surface area contributed by atoms with E-state index in [1.807, 2.05) is 32.9 Å². The van der Waals surface area contributed by atoms with Crippen LogP contribution in [0.4, 0.5) is 24.7 Å². The Balaban J connectivity index is 1.81. The number of halogens is 3. The minimum atomic E-state index is -2.90. The Morgan fingerprint density at radius 3 is 2.45 bits per heavy atom. The predicted octanol–water partition coefficient (Wildman–Crippen LogP) is 5.44. The number of carbonyl (C=O) groups is 1. The first kappa shape index (κ1) is 21.1. The number of aryl methyl sites for hydroxylation is 1. The number of carbonyl (C=O) groups excluding carboxylic acids is 1. The van der Waals surface area contributed by atoms with Gasteiger partial charge in [0.1, 0.15) is 5.82 Å². The highest BCUT2D eigenvalue weighted by atomic mass is 19.3. The SMILES string of the molecule is Cc1nnc(NC(C)c2cccc(C(F)F)c2F)c2cc3c(cc12)N(C)C(=O)C3(C)C. The summed E-state index contributed by atoms with van der Waals surface area (Å²) in [6, 6.07) is 7.15. The van der Waals surface area contributed by atoms with E-state index < -0.39 is 29.3 Å². The van der Waals surface area contributed by atoms with Crippen LogP contribution in [-0.4, -0.2) is 23.2 Å². The summed E-state index contributed by atoms with van der Waals surface area (Å²) in [4.78, 5) is 14.3. The number of benzene rings is 2. The van der Waals surface area contributed by atoms with Crippen molar-refractivity contribution in [3.8, 4) is 0 Å². The summed E-state index contributed by atoms with van der Waals surface area (Å²) in [7, 11) is 1.74. The molecular weight excluding hydrogens is 405 g/mol. The van der Waals surface area contributed by atoms with Gasteiger partial charge < -0.3 is 10.2 Å². The fraction of sp³-hybridized carbons (Fsp3) is 0.348. The van der Waals surface area contributed by atoms with Gasteiger partial charge in [0.15, 0.2) is 5.82 Å². The van der Waals surface area contributed by atoms with E-state index in [4.69, 9.17) is 0 Å². The van der Waals surface area contributed by atoms with Gasteiger partial charge in [-0.05, 0) is 45.4 Å². The third-order valence-electron chi connectivity index (χ3n) is 6.07. The molecule has 1 aliphatic heterocycles. The molecule has 2 heterocycles. The molecule has 0 radical (unpaired) electrons. The van der Waals surface area contributed by atoms with Gasteiger partial charge in [-0.25, -0.2) is 13.2 Å². The number of fused-ring (bicyclic) bond motifs is 2. The first-order valence-electron chi connectivity index (χ1n) is 9.96. The third kappa shape index (κ3) is 3.21. The average Bonchev–Trinajstić information content (AvgIpc) is 2.89. The second-order valence-electron chi connectivity index (χ2n) is 8.46. The van der Waals surface area contributed by atoms with Crippen LogP contribution in [0.1, 0.15) is 55.6 Å². The van der Waals surface area contributed by atoms with Crippen LogP contribution >= 0.6 is 0 Å². The van der Waals surface area contributed by atoms with Gasteiger partial charge in [-0.2, -0.15) is 5.10 Å². The highest BCUT2D eigenvalue weighted by molar-refractivity contribution is 6.10. The lowest BCUT2D eigenvalue weighted by Gasteiger charge is -2.20. The number of likely N-dealkylation sites (N-methyl/N-ethyl adjacent to an activating group) is 1. The van der Waals surface area contributed by atoms with Gasteiger partial charge in [0.25, 0.3) is 6.43 Å². The monoisotopic (exact) mass is 428 g/mol. The van der Waals surface area contributed by atoms with Crippen molar-refractivity contribution in [2.45, 2.75) is 45.6 Å². The van der Waals surface area contributed by atoms with Gasteiger partial charge in [-0.3, -0.25) is 4.79 Å². The van der Waals surface area contributed by atoms with E-state index >= 15 is 0 Å². The standard InChI is InChI=1S/C23H23F3N4O/c1-11(13-7-6-8-14(19(13)24)20(25)26)27-21-16-9-17-18(10-15(16)12(2)28-29-21)30(5)22(31)23(17,3)4/h6-11,20H,1-5H3,(H,27,29). The number of hydrogen-bond acceptors (Lipinski definition) is 4. The molecule has 8 heteroatoms. The van der Waals surface area contributed by atoms with E-state index in [1.54, 1.807) is 18.9 Å². The lowest BCUT2D eigenvalue weighted by molar-refractivity contribution is -0.121. The Labute approximate surface area is 178 Å². The van der Waals surface area contributed by atoms with E-state index in [2.05, 4.69) is 15.5 Å². The highest BCUT2D eigenvalue weighted by Gasteiger charge is 2.42. The number of aromatic nitrogens is 2. The molecule has 5 nitrogen and oxygen atoms in total. The molecule has 1 atom stereocenters. The van der Waals surface area contributed by atoms with Crippen LogP contribution in [0, 0.1) is 12.7 Å². The number of nitrogens with zero attached hydrogens (tertiary/aromatic N) is 3. The van der Waals surface area contributed by atoms with Gasteiger partial charge in [-0.1, -0.05) is 18.2 Å². The second kappa shape index (κ2) is 7.21. The number of rotatable bonds is 4. The summed E-state index contributed by atoms with van der Waals surface area (Å²) in [5.74, 6) is -0.545. The number of anilines is 2. The van der Waals surface area contributed by atoms with Crippen molar-refractivity contribution in [3.05, 3.63) is 58.5 Å². The molecule has 2 aromatic carbocycles. The normalized spacial score (nSPS) is 16.2. The summed E-state index contributed by atoms with van der Waals surface area (Å²) in [5.41, 5.74) is 1.15. The first-order chi connectivity index (χ1) is 14.5. The van der Waals surface area contributed by atoms with Crippen molar-refractivity contribution in [1.82, 2.24) is 10.2 Å². The van der Waals surface area contributed by atoms with Crippen LogP contribution in [0.3, 0.4) is 0 Å². The molecule has 0 fully saturated rings. The van der Waals surface area contributed by atoms with Gasteiger partial charge in [-0.15, -0.1) is 5.10 Å². The Morgan fingerprint density at radius 1 is 1.10 bits per heavy atom. The molecule has 0 aliphatic carbocycles. The van der Waals surface area contributed by atoms with Crippen LogP contribution < -0.4 is 10.2 Å². The predicted molar refractivity (Wildman–Crippen MR) is 114 cm³/mol. The molecule has 1 amide bonds. The number of hydrogen-bond donors (Lipinski definition) is 1. The molecular formula is C23H23F3N4O. The van der Waals surface area contributed by atoms with Gasteiger partial charge in [0, 0.05) is 29.1 Å². The zero-order valence-electron chi connectivity index (χ0n) is 17.9. The fourth-order valence-electron chi connectivity index (χ4n) is 4.20. The van der Waals surface area contributed by atoms with Crippen molar-refractivity contribution in [2.24, 2.45) is 0 Å². The zero-order chi connectivity index (χ0) is 22.7. The Hall–Kier alpha value is -3.16. The lowest BCUT2D eigenvalue weighted by Crippen LogP contribution is -2.33. The molecule has 1 unspecified atom stereocenters. The fourth-order valence-corrected chi connectivity index (χ4v) is 4.20. The maximum atomic E-state index is 14.6. The van der Waals surface area contributed by atoms with Gasteiger partial charge in [0.2, 0.25) is 5.91 Å². The summed E-state index contributed by atoms with van der Waals surface area (Å²) in [6.45, 7) is 7.23. The molecule has 3 aromatic rings. The molecule has 1 N–H and O–H groups in total. The lowest BCUT2D eigenvalue weighted by atomic mass is 9.85. The van der Waals surface area contributed by atoms with Crippen molar-refractivity contribution >= 4 is 28.2 Å². The van der Waals surface area contributed by atoms with E-state index in [0.29, 0.717) is 11.5 Å². The zero-order valence-corrected chi connectivity index (χ0v) is 17.9. The summed E-state index contributed by atoms with van der Waals surface area (Å²) < 4.78 is 40.8. The maximum absolute atomic E-state index is 14.6. The first-order valence-corrected chi connectivity index (χ1v) is 9.96. The molecule has 31 heavy (non-hydrogen) atoms. The summed E-state index contributed by atoms with van der Waals surface area (Å²) >= 11 is 0. The smallest absolute Gasteiger partial charge is 0.266 e. The van der Waals surface area contributed by atoms with Crippen LogP contribution in [0.5, 0.6) is 0 Å². The Kier molecular flexibility index (Phi) is 4.91. The minimum Gasteiger partial charge on any atom is -0.361 e. The average molecular weight is 428 g/mol. The largest absolute Gasteiger partial charge is 0.361 e. The third-order valence-corrected chi connectivity index (χ3v) is 6.07. The Bertz CT molecular complexity index is 1210. The topological polar surface area (TPSA) is 58.1 Å². The molecule has 0 saturated heterocycles. The second-order valence-corrected chi connectivity index (χ2v) is 8.46. The van der Waals surface area contributed by atoms with Crippen LogP contribution in [0.2, 0.25) is 0 Å². The molecule has 1 aromatic heterocycles. The molecule has 1 aliphatic rings. The summed E-state index contributed by atoms with van der Waals surface area (Å²) in [5, 5.41) is 13.1. The van der Waals surface area contributed by atoms with Crippen LogP contribution in [0.25, 0.3) is 10.8 Å². The number of nitrogens with one attached hydrogen (secondary N) is 1. The Morgan fingerprint density at radius 2 is 1.77 bits per heavy atom. The van der Waals surface area contributed by atoms with Crippen molar-refractivity contribution < 1.29 is 18.0 Å². The van der Waals surface area contributed by atoms with E-state index in [1.165, 1.54) is 12.1 Å². The molecule has 0 bridgehead atoms. The number of amides is 1. The van der Waals surface area contributed by atoms with Gasteiger partial charge >= 0.3 is 0 Å². The van der Waals surface area contributed by atoms with Crippen molar-refractivity contribution in [2.75, 3.05) is 17.3 Å². The maximum Gasteiger partial charge on any atom is 0.266 e. The number of alkyl halides is 2. The van der Waals surface area contributed by atoms with Crippen molar-refractivity contribution in [1.29, 1.82) is 0 Å². The highest BCUT2D eigenvalue weighted by Crippen LogP contribution is 2.44. The van der Waals surface area contributed by atoms with Crippen molar-refractivity contribution in [3.63, 3.8) is 0 Å². The van der Waals surface area contributed by atoms with E-state index in [0.717, 1.165) is 28.1 Å². The molecule has 0 saturated carbocycles. The molecule has 4 rings (SSSR count). The van der Waals surface area contributed by atoms with Gasteiger partial charge in [0.05, 0.1) is 22.7 Å². The van der Waals surface area contributed by atoms with E-state index in [9.17, 15) is 18.0 Å². The summed E-state index contributed by atoms with van der Waals surface area (Å²) in [6.07, 6.45) is -2.90. The minimum absolute atomic E-state index is 0.00913. The van der Waals surface area contributed by atoms with E-state index in [-0.39, 0.29) is 11.5 Å². The van der Waals surface area contributed by atoms with Crippen LogP contribution in [0.15, 0.2) is 30.3 Å². The van der Waals surface area contributed by atoms with Crippen LogP contribution in [-0.2, 0) is 10.2 Å². The molecule has 0 spiro atoms. The molecule has 162 valence electrons.